The maximum Gasteiger partial charge on any atom is 0.271 e. The van der Waals surface area contributed by atoms with Crippen molar-refractivity contribution < 1.29 is 9.59 Å². The number of hydrogen-bond donors (Lipinski definition) is 2. The predicted molar refractivity (Wildman–Crippen MR) is 113 cm³/mol. The van der Waals surface area contributed by atoms with Crippen LogP contribution >= 0.6 is 23.4 Å². The molecular weight excluding hydrogens is 410 g/mol. The minimum atomic E-state index is -0.484. The summed E-state index contributed by atoms with van der Waals surface area (Å²) >= 11 is 7.19. The number of carbonyl (C=O) groups is 2. The fraction of sp³-hybridized carbons (Fsp3) is 0.200. The number of hydrogen-bond acceptors (Lipinski definition) is 5. The van der Waals surface area contributed by atoms with Crippen molar-refractivity contribution in [3.63, 3.8) is 0 Å². The lowest BCUT2D eigenvalue weighted by molar-refractivity contribution is -0.119. The molecule has 0 aliphatic carbocycles. The molecule has 0 saturated carbocycles. The molecule has 29 heavy (non-hydrogen) atoms. The topological polar surface area (TPSA) is 88.9 Å². The highest BCUT2D eigenvalue weighted by Crippen LogP contribution is 2.21. The molecule has 0 unspecified atom stereocenters. The number of benzene rings is 2. The van der Waals surface area contributed by atoms with Gasteiger partial charge in [-0.25, -0.2) is 0 Å². The van der Waals surface area contributed by atoms with Crippen LogP contribution in [0.1, 0.15) is 35.7 Å². The Morgan fingerprint density at radius 3 is 2.52 bits per heavy atom. The van der Waals surface area contributed by atoms with Crippen LogP contribution in [0.3, 0.4) is 0 Å². The van der Waals surface area contributed by atoms with Crippen LogP contribution in [-0.4, -0.2) is 32.3 Å². The molecule has 0 saturated heterocycles. The van der Waals surface area contributed by atoms with Gasteiger partial charge in [0.05, 0.1) is 16.3 Å². The fourth-order valence-corrected chi connectivity index (χ4v) is 3.48. The van der Waals surface area contributed by atoms with Crippen molar-refractivity contribution in [3.8, 4) is 5.69 Å². The number of hydrazine groups is 1. The molecule has 0 spiro atoms. The van der Waals surface area contributed by atoms with Gasteiger partial charge in [-0.05, 0) is 35.7 Å². The number of nitrogens with one attached hydrogen (secondary N) is 2. The third kappa shape index (κ3) is 5.36. The van der Waals surface area contributed by atoms with Crippen molar-refractivity contribution in [2.45, 2.75) is 24.9 Å². The Bertz CT molecular complexity index is 1000. The first-order chi connectivity index (χ1) is 14.0. The molecule has 0 aliphatic rings. The Kier molecular flexibility index (Phi) is 6.90. The first kappa shape index (κ1) is 20.9. The third-order valence-electron chi connectivity index (χ3n) is 4.12. The Morgan fingerprint density at radius 1 is 1.10 bits per heavy atom. The summed E-state index contributed by atoms with van der Waals surface area (Å²) in [6, 6.07) is 14.7. The molecule has 2 N–H and O–H groups in total. The molecule has 150 valence electrons. The molecule has 7 nitrogen and oxygen atoms in total. The van der Waals surface area contributed by atoms with E-state index in [1.165, 1.54) is 17.3 Å². The second-order valence-electron chi connectivity index (χ2n) is 6.50. The lowest BCUT2D eigenvalue weighted by Crippen LogP contribution is -2.42. The Balaban J connectivity index is 1.55. The van der Waals surface area contributed by atoms with E-state index in [0.717, 1.165) is 5.69 Å². The van der Waals surface area contributed by atoms with E-state index >= 15 is 0 Å². The summed E-state index contributed by atoms with van der Waals surface area (Å²) in [5, 5.41) is 8.89. The van der Waals surface area contributed by atoms with Crippen molar-refractivity contribution in [2.75, 3.05) is 5.75 Å². The second kappa shape index (κ2) is 9.58. The van der Waals surface area contributed by atoms with Gasteiger partial charge in [0.2, 0.25) is 5.91 Å². The molecule has 3 aromatic rings. The summed E-state index contributed by atoms with van der Waals surface area (Å²) in [5.74, 6) is -0.350. The van der Waals surface area contributed by atoms with Crippen LogP contribution < -0.4 is 10.9 Å². The van der Waals surface area contributed by atoms with E-state index in [4.69, 9.17) is 11.6 Å². The predicted octanol–water partition coefficient (Wildman–Crippen LogP) is 3.60. The summed E-state index contributed by atoms with van der Waals surface area (Å²) in [7, 11) is 0. The van der Waals surface area contributed by atoms with E-state index in [-0.39, 0.29) is 17.2 Å². The fourth-order valence-electron chi connectivity index (χ4n) is 2.53. The number of nitrogens with zero attached hydrogens (tertiary/aromatic N) is 3. The highest BCUT2D eigenvalue weighted by Gasteiger charge is 2.13. The summed E-state index contributed by atoms with van der Waals surface area (Å²) < 4.78 is 1.81. The molecule has 0 aliphatic heterocycles. The number of halogens is 1. The average molecular weight is 430 g/mol. The van der Waals surface area contributed by atoms with Crippen LogP contribution in [0.2, 0.25) is 5.02 Å². The number of rotatable bonds is 6. The lowest BCUT2D eigenvalue weighted by Gasteiger charge is -2.10. The van der Waals surface area contributed by atoms with Gasteiger partial charge in [-0.15, -0.1) is 10.2 Å². The first-order valence-electron chi connectivity index (χ1n) is 8.92. The molecule has 0 fully saturated rings. The van der Waals surface area contributed by atoms with Gasteiger partial charge in [0.25, 0.3) is 5.91 Å². The van der Waals surface area contributed by atoms with E-state index in [1.807, 2.05) is 16.7 Å². The smallest absolute Gasteiger partial charge is 0.271 e. The third-order valence-corrected chi connectivity index (χ3v) is 5.39. The minimum Gasteiger partial charge on any atom is -0.277 e. The molecule has 9 heteroatoms. The van der Waals surface area contributed by atoms with Gasteiger partial charge in [0, 0.05) is 5.69 Å². The van der Waals surface area contributed by atoms with E-state index in [1.54, 1.807) is 30.6 Å². The van der Waals surface area contributed by atoms with Gasteiger partial charge in [0.15, 0.2) is 5.16 Å². The van der Waals surface area contributed by atoms with Crippen LogP contribution in [-0.2, 0) is 4.79 Å². The number of amides is 2. The van der Waals surface area contributed by atoms with Gasteiger partial charge < -0.3 is 0 Å². The van der Waals surface area contributed by atoms with Crippen LogP contribution in [0, 0.1) is 0 Å². The number of carbonyl (C=O) groups excluding carboxylic acids is 2. The van der Waals surface area contributed by atoms with Crippen molar-refractivity contribution in [2.24, 2.45) is 0 Å². The van der Waals surface area contributed by atoms with Crippen LogP contribution in [0.25, 0.3) is 5.69 Å². The molecule has 1 heterocycles. The van der Waals surface area contributed by atoms with Crippen LogP contribution in [0.4, 0.5) is 0 Å². The van der Waals surface area contributed by atoms with Gasteiger partial charge in [-0.1, -0.05) is 61.5 Å². The first-order valence-corrected chi connectivity index (χ1v) is 10.3. The van der Waals surface area contributed by atoms with Gasteiger partial charge in [-0.2, -0.15) is 0 Å². The molecule has 1 aromatic heterocycles. The van der Waals surface area contributed by atoms with Gasteiger partial charge in [0.1, 0.15) is 6.33 Å². The SMILES string of the molecule is CC(C)c1ccc(-n2cnnc2SCC(=O)NNC(=O)c2ccccc2Cl)cc1. The van der Waals surface area contributed by atoms with E-state index in [2.05, 4.69) is 47.0 Å². The Morgan fingerprint density at radius 2 is 1.83 bits per heavy atom. The molecular formula is C20H20ClN5O2S. The largest absolute Gasteiger partial charge is 0.277 e. The highest BCUT2D eigenvalue weighted by molar-refractivity contribution is 7.99. The van der Waals surface area contributed by atoms with Crippen molar-refractivity contribution in [3.05, 3.63) is 71.0 Å². The minimum absolute atomic E-state index is 0.0611. The standard InChI is InChI=1S/C20H20ClN5O2S/c1-13(2)14-7-9-15(10-8-14)26-12-22-25-20(26)29-11-18(27)23-24-19(28)16-5-3-4-6-17(16)21/h3-10,12-13H,11H2,1-2H3,(H,23,27)(H,24,28). The van der Waals surface area contributed by atoms with Crippen molar-refractivity contribution in [1.82, 2.24) is 25.6 Å². The molecule has 2 aromatic carbocycles. The Hall–Kier alpha value is -2.84. The molecule has 2 amide bonds. The van der Waals surface area contributed by atoms with Gasteiger partial charge >= 0.3 is 0 Å². The molecule has 3 rings (SSSR count). The summed E-state index contributed by atoms with van der Waals surface area (Å²) in [5.41, 5.74) is 7.16. The average Bonchev–Trinajstić information content (AvgIpc) is 3.19. The molecule has 0 bridgehead atoms. The van der Waals surface area contributed by atoms with Gasteiger partial charge in [-0.3, -0.25) is 25.0 Å². The normalized spacial score (nSPS) is 10.8. The van der Waals surface area contributed by atoms with E-state index in [9.17, 15) is 9.59 Å². The molecule has 0 radical (unpaired) electrons. The summed E-state index contributed by atoms with van der Waals surface area (Å²) in [6.07, 6.45) is 1.60. The zero-order chi connectivity index (χ0) is 20.8. The summed E-state index contributed by atoms with van der Waals surface area (Å²) in [6.45, 7) is 4.27. The monoisotopic (exact) mass is 429 g/mol. The molecule has 0 atom stereocenters. The van der Waals surface area contributed by atoms with E-state index in [0.29, 0.717) is 16.1 Å². The van der Waals surface area contributed by atoms with Crippen LogP contribution in [0.15, 0.2) is 60.0 Å². The van der Waals surface area contributed by atoms with E-state index < -0.39 is 5.91 Å². The summed E-state index contributed by atoms with van der Waals surface area (Å²) in [4.78, 5) is 24.2. The maximum absolute atomic E-state index is 12.1. The zero-order valence-electron chi connectivity index (χ0n) is 15.9. The van der Waals surface area contributed by atoms with Crippen LogP contribution in [0.5, 0.6) is 0 Å². The second-order valence-corrected chi connectivity index (χ2v) is 7.85. The Labute approximate surface area is 177 Å². The quantitative estimate of drug-likeness (QED) is 0.461. The highest BCUT2D eigenvalue weighted by atomic mass is 35.5. The van der Waals surface area contributed by atoms with Crippen molar-refractivity contribution in [1.29, 1.82) is 0 Å². The zero-order valence-corrected chi connectivity index (χ0v) is 17.5. The number of aromatic nitrogens is 3. The van der Waals surface area contributed by atoms with Crippen molar-refractivity contribution >= 4 is 35.2 Å². The number of thioether (sulfide) groups is 1. The lowest BCUT2D eigenvalue weighted by atomic mass is 10.0. The maximum atomic E-state index is 12.1.